The summed E-state index contributed by atoms with van der Waals surface area (Å²) in [6, 6.07) is 1.91. The number of aromatic nitrogens is 1. The summed E-state index contributed by atoms with van der Waals surface area (Å²) in [5, 5.41) is 5.93. The molecule has 126 valence electrons. The van der Waals surface area contributed by atoms with Gasteiger partial charge >= 0.3 is 0 Å². The second kappa shape index (κ2) is 8.98. The van der Waals surface area contributed by atoms with Gasteiger partial charge < -0.3 is 10.6 Å². The fourth-order valence-electron chi connectivity index (χ4n) is 2.56. The first-order valence-electron chi connectivity index (χ1n) is 7.99. The van der Waals surface area contributed by atoms with Crippen LogP contribution in [0.1, 0.15) is 36.5 Å². The predicted octanol–water partition coefficient (Wildman–Crippen LogP) is 1.56. The van der Waals surface area contributed by atoms with Gasteiger partial charge in [0.1, 0.15) is 0 Å². The van der Waals surface area contributed by atoms with Crippen LogP contribution in [0.2, 0.25) is 0 Å². The summed E-state index contributed by atoms with van der Waals surface area (Å²) in [4.78, 5) is 30.0. The van der Waals surface area contributed by atoms with E-state index in [2.05, 4.69) is 36.4 Å². The minimum absolute atomic E-state index is 0.0783. The molecule has 0 bridgehead atoms. The largest absolute Gasteiger partial charge is 0.355 e. The molecule has 2 heterocycles. The van der Waals surface area contributed by atoms with Crippen molar-refractivity contribution in [1.82, 2.24) is 20.5 Å². The molecule has 7 heteroatoms. The molecule has 6 nitrogen and oxygen atoms in total. The van der Waals surface area contributed by atoms with Crippen LogP contribution in [0.25, 0.3) is 0 Å². The van der Waals surface area contributed by atoms with Crippen LogP contribution in [0.4, 0.5) is 0 Å². The molecule has 0 radical (unpaired) electrons. The molecule has 0 saturated carbocycles. The third-order valence-electron chi connectivity index (χ3n) is 3.83. The lowest BCUT2D eigenvalue weighted by atomic mass is 10.0. The van der Waals surface area contributed by atoms with Gasteiger partial charge in [0.2, 0.25) is 5.91 Å². The van der Waals surface area contributed by atoms with Crippen LogP contribution in [0, 0.1) is 0 Å². The third-order valence-corrected chi connectivity index (χ3v) is 4.26. The normalized spacial score (nSPS) is 16.1. The highest BCUT2D eigenvalue weighted by Gasteiger charge is 2.22. The van der Waals surface area contributed by atoms with Gasteiger partial charge in [-0.1, -0.05) is 6.92 Å². The van der Waals surface area contributed by atoms with Crippen molar-refractivity contribution in [3.05, 3.63) is 28.5 Å². The number of hydrogen-bond donors (Lipinski definition) is 2. The third kappa shape index (κ3) is 5.91. The maximum atomic E-state index is 12.2. The fourth-order valence-corrected chi connectivity index (χ4v) is 2.93. The lowest BCUT2D eigenvalue weighted by Crippen LogP contribution is -2.47. The number of pyridine rings is 1. The molecule has 1 saturated heterocycles. The summed E-state index contributed by atoms with van der Waals surface area (Å²) in [5.74, 6) is -0.0208. The molecule has 0 atom stereocenters. The second-order valence-electron chi connectivity index (χ2n) is 5.77. The molecule has 2 amide bonds. The van der Waals surface area contributed by atoms with Gasteiger partial charge in [-0.05, 0) is 41.3 Å². The Bertz CT molecular complexity index is 545. The molecular weight excluding hydrogens is 360 g/mol. The van der Waals surface area contributed by atoms with Gasteiger partial charge in [-0.3, -0.25) is 19.5 Å². The van der Waals surface area contributed by atoms with Crippen molar-refractivity contribution < 1.29 is 9.59 Å². The van der Waals surface area contributed by atoms with Crippen LogP contribution in [0.5, 0.6) is 0 Å². The van der Waals surface area contributed by atoms with Gasteiger partial charge in [-0.15, -0.1) is 0 Å². The number of nitrogens with zero attached hydrogens (tertiary/aromatic N) is 2. The fraction of sp³-hybridized carbons (Fsp3) is 0.562. The molecule has 1 aromatic rings. The van der Waals surface area contributed by atoms with Gasteiger partial charge in [-0.2, -0.15) is 0 Å². The Morgan fingerprint density at radius 2 is 2.09 bits per heavy atom. The van der Waals surface area contributed by atoms with Crippen LogP contribution in [-0.4, -0.2) is 53.9 Å². The zero-order valence-corrected chi connectivity index (χ0v) is 14.9. The quantitative estimate of drug-likeness (QED) is 0.782. The Balaban J connectivity index is 1.74. The minimum Gasteiger partial charge on any atom is -0.355 e. The molecule has 1 aromatic heterocycles. The average molecular weight is 383 g/mol. The predicted molar refractivity (Wildman–Crippen MR) is 92.2 cm³/mol. The Kier molecular flexibility index (Phi) is 6.98. The molecule has 0 spiro atoms. The van der Waals surface area contributed by atoms with Gasteiger partial charge in [0.05, 0.1) is 12.1 Å². The van der Waals surface area contributed by atoms with E-state index in [4.69, 9.17) is 0 Å². The van der Waals surface area contributed by atoms with Crippen LogP contribution in [-0.2, 0) is 4.79 Å². The Morgan fingerprint density at radius 1 is 1.35 bits per heavy atom. The lowest BCUT2D eigenvalue weighted by molar-refractivity contribution is -0.122. The monoisotopic (exact) mass is 382 g/mol. The summed E-state index contributed by atoms with van der Waals surface area (Å²) in [6.07, 6.45) is 5.87. The number of amides is 2. The maximum Gasteiger partial charge on any atom is 0.253 e. The van der Waals surface area contributed by atoms with E-state index in [1.165, 1.54) is 0 Å². The van der Waals surface area contributed by atoms with E-state index in [1.807, 2.05) is 6.92 Å². The smallest absolute Gasteiger partial charge is 0.253 e. The number of hydrogen-bond acceptors (Lipinski definition) is 4. The van der Waals surface area contributed by atoms with Crippen molar-refractivity contribution in [3.8, 4) is 0 Å². The number of carbonyl (C=O) groups is 2. The van der Waals surface area contributed by atoms with E-state index in [-0.39, 0.29) is 17.9 Å². The molecule has 1 aliphatic rings. The zero-order valence-electron chi connectivity index (χ0n) is 13.3. The number of rotatable bonds is 6. The Morgan fingerprint density at radius 3 is 2.74 bits per heavy atom. The molecule has 1 fully saturated rings. The molecule has 1 aliphatic heterocycles. The maximum absolute atomic E-state index is 12.2. The van der Waals surface area contributed by atoms with Crippen molar-refractivity contribution in [1.29, 1.82) is 0 Å². The topological polar surface area (TPSA) is 74.3 Å². The number of nitrogens with one attached hydrogen (secondary N) is 2. The van der Waals surface area contributed by atoms with Gasteiger partial charge in [-0.25, -0.2) is 0 Å². The highest BCUT2D eigenvalue weighted by molar-refractivity contribution is 9.10. The van der Waals surface area contributed by atoms with E-state index in [1.54, 1.807) is 18.5 Å². The summed E-state index contributed by atoms with van der Waals surface area (Å²) >= 11 is 3.32. The summed E-state index contributed by atoms with van der Waals surface area (Å²) in [5.41, 5.74) is 0.556. The number of likely N-dealkylation sites (tertiary alicyclic amines) is 1. The summed E-state index contributed by atoms with van der Waals surface area (Å²) < 4.78 is 0.790. The molecule has 0 unspecified atom stereocenters. The number of carbonyl (C=O) groups excluding carboxylic acids is 2. The first-order chi connectivity index (χ1) is 11.1. The van der Waals surface area contributed by atoms with E-state index >= 15 is 0 Å². The van der Waals surface area contributed by atoms with Crippen molar-refractivity contribution >= 4 is 27.7 Å². The van der Waals surface area contributed by atoms with Crippen molar-refractivity contribution in [2.24, 2.45) is 0 Å². The molecule has 0 aromatic carbocycles. The first-order valence-corrected chi connectivity index (χ1v) is 8.78. The number of halogens is 1. The Labute approximate surface area is 145 Å². The van der Waals surface area contributed by atoms with E-state index in [0.29, 0.717) is 12.1 Å². The van der Waals surface area contributed by atoms with E-state index in [0.717, 1.165) is 43.4 Å². The van der Waals surface area contributed by atoms with Gasteiger partial charge in [0.25, 0.3) is 5.91 Å². The highest BCUT2D eigenvalue weighted by atomic mass is 79.9. The standard InChI is InChI=1S/C16H23BrN4O2/c1-2-5-19-15(22)11-21-6-3-14(4-7-21)20-16(23)12-8-13(17)10-18-9-12/h8-10,14H,2-7,11H2,1H3,(H,19,22)(H,20,23). The van der Waals surface area contributed by atoms with Crippen LogP contribution in [0.3, 0.4) is 0 Å². The second-order valence-corrected chi connectivity index (χ2v) is 6.68. The van der Waals surface area contributed by atoms with Crippen LogP contribution in [0.15, 0.2) is 22.9 Å². The molecule has 2 N–H and O–H groups in total. The van der Waals surface area contributed by atoms with Gasteiger partial charge in [0.15, 0.2) is 0 Å². The van der Waals surface area contributed by atoms with Crippen molar-refractivity contribution in [2.75, 3.05) is 26.2 Å². The van der Waals surface area contributed by atoms with Crippen LogP contribution < -0.4 is 10.6 Å². The number of piperidine rings is 1. The molecule has 23 heavy (non-hydrogen) atoms. The first kappa shape index (κ1) is 17.9. The molecule has 0 aliphatic carbocycles. The van der Waals surface area contributed by atoms with Crippen molar-refractivity contribution in [3.63, 3.8) is 0 Å². The minimum atomic E-state index is -0.0991. The van der Waals surface area contributed by atoms with E-state index < -0.39 is 0 Å². The van der Waals surface area contributed by atoms with E-state index in [9.17, 15) is 9.59 Å². The summed E-state index contributed by atoms with van der Waals surface area (Å²) in [7, 11) is 0. The zero-order chi connectivity index (χ0) is 16.7. The van der Waals surface area contributed by atoms with Crippen LogP contribution >= 0.6 is 15.9 Å². The molecular formula is C16H23BrN4O2. The van der Waals surface area contributed by atoms with Gasteiger partial charge in [0, 0.05) is 42.5 Å². The Hall–Kier alpha value is -1.47. The average Bonchev–Trinajstić information content (AvgIpc) is 2.54. The summed E-state index contributed by atoms with van der Waals surface area (Å²) in [6.45, 7) is 4.85. The van der Waals surface area contributed by atoms with Crippen molar-refractivity contribution in [2.45, 2.75) is 32.2 Å². The lowest BCUT2D eigenvalue weighted by Gasteiger charge is -2.31. The molecule has 2 rings (SSSR count). The SMILES string of the molecule is CCCNC(=O)CN1CCC(NC(=O)c2cncc(Br)c2)CC1. The highest BCUT2D eigenvalue weighted by Crippen LogP contribution is 2.13.